The van der Waals surface area contributed by atoms with E-state index in [2.05, 4.69) is 16.6 Å². The second-order valence-electron chi connectivity index (χ2n) is 3.24. The number of carbonyl (C=O) groups excluding carboxylic acids is 1. The Hall–Kier alpha value is -2.06. The lowest BCUT2D eigenvalue weighted by molar-refractivity contribution is -0.140. The van der Waals surface area contributed by atoms with Crippen molar-refractivity contribution in [2.75, 3.05) is 13.7 Å². The van der Waals surface area contributed by atoms with E-state index in [0.29, 0.717) is 5.56 Å². The molecule has 0 atom stereocenters. The summed E-state index contributed by atoms with van der Waals surface area (Å²) >= 11 is 0. The molecule has 1 aromatic heterocycles. The molecule has 0 saturated heterocycles. The molecule has 0 aliphatic rings. The third-order valence-electron chi connectivity index (χ3n) is 2.08. The number of rotatable bonds is 3. The van der Waals surface area contributed by atoms with Crippen LogP contribution in [0.2, 0.25) is 0 Å². The number of aliphatic hydroxyl groups is 1. The minimum absolute atomic E-state index is 0.132. The summed E-state index contributed by atoms with van der Waals surface area (Å²) in [5, 5.41) is 8.56. The second-order valence-corrected chi connectivity index (χ2v) is 3.24. The highest BCUT2D eigenvalue weighted by Crippen LogP contribution is 1.95. The maximum atomic E-state index is 11.5. The zero-order valence-electron chi connectivity index (χ0n) is 9.47. The van der Waals surface area contributed by atoms with Crippen LogP contribution in [0.1, 0.15) is 12.0 Å². The third kappa shape index (κ3) is 4.13. The molecule has 0 aliphatic carbocycles. The van der Waals surface area contributed by atoms with Crippen molar-refractivity contribution in [1.82, 2.24) is 4.57 Å². The molecule has 5 nitrogen and oxygen atoms in total. The third-order valence-corrected chi connectivity index (χ3v) is 2.08. The number of nitrogens with zero attached hydrogens (tertiary/aromatic N) is 1. The highest BCUT2D eigenvalue weighted by Gasteiger charge is 2.02. The fourth-order valence-corrected chi connectivity index (χ4v) is 1.24. The van der Waals surface area contributed by atoms with E-state index in [9.17, 15) is 9.59 Å². The Morgan fingerprint density at radius 3 is 2.94 bits per heavy atom. The summed E-state index contributed by atoms with van der Waals surface area (Å²) in [5.74, 6) is 4.80. The number of hydrogen-bond donors (Lipinski definition) is 1. The molecule has 90 valence electrons. The maximum absolute atomic E-state index is 11.5. The molecule has 0 amide bonds. The summed E-state index contributed by atoms with van der Waals surface area (Å²) in [6, 6.07) is 2.94. The smallest absolute Gasteiger partial charge is 0.307 e. The fourth-order valence-electron chi connectivity index (χ4n) is 1.24. The van der Waals surface area contributed by atoms with Gasteiger partial charge in [-0.3, -0.25) is 9.59 Å². The van der Waals surface area contributed by atoms with Gasteiger partial charge in [0.2, 0.25) is 0 Å². The Morgan fingerprint density at radius 1 is 1.53 bits per heavy atom. The molecule has 0 spiro atoms. The number of pyridine rings is 1. The maximum Gasteiger partial charge on any atom is 0.307 e. The highest BCUT2D eigenvalue weighted by molar-refractivity contribution is 5.68. The van der Waals surface area contributed by atoms with E-state index in [1.165, 1.54) is 17.7 Å². The molecular weight excluding hydrogens is 222 g/mol. The predicted octanol–water partition coefficient (Wildman–Crippen LogP) is -0.245. The first-order chi connectivity index (χ1) is 8.17. The summed E-state index contributed by atoms with van der Waals surface area (Å²) in [7, 11) is 1.30. The molecule has 0 unspecified atom stereocenters. The minimum Gasteiger partial charge on any atom is -0.469 e. The van der Waals surface area contributed by atoms with Gasteiger partial charge in [-0.05, 0) is 6.07 Å². The van der Waals surface area contributed by atoms with Crippen molar-refractivity contribution in [3.63, 3.8) is 0 Å². The second kappa shape index (κ2) is 6.51. The number of aryl methyl sites for hydroxylation is 1. The monoisotopic (exact) mass is 235 g/mol. The topological polar surface area (TPSA) is 68.5 Å². The van der Waals surface area contributed by atoms with Gasteiger partial charge in [0.25, 0.3) is 5.56 Å². The van der Waals surface area contributed by atoms with E-state index in [0.717, 1.165) is 0 Å². The number of hydrogen-bond acceptors (Lipinski definition) is 4. The van der Waals surface area contributed by atoms with Crippen LogP contribution in [-0.2, 0) is 16.1 Å². The van der Waals surface area contributed by atoms with Gasteiger partial charge < -0.3 is 14.4 Å². The lowest BCUT2D eigenvalue weighted by Gasteiger charge is -2.04. The van der Waals surface area contributed by atoms with E-state index in [1.54, 1.807) is 12.3 Å². The Balaban J connectivity index is 2.83. The molecule has 1 heterocycles. The van der Waals surface area contributed by atoms with Gasteiger partial charge in [0.1, 0.15) is 6.61 Å². The zero-order chi connectivity index (χ0) is 12.7. The van der Waals surface area contributed by atoms with E-state index in [-0.39, 0.29) is 31.1 Å². The molecule has 1 N–H and O–H groups in total. The standard InChI is InChI=1S/C12H13NO4/c1-17-12(16)6-7-13-9-10(3-2-8-14)4-5-11(13)15/h4-5,9,14H,6-8H2,1H3. The predicted molar refractivity (Wildman–Crippen MR) is 61.3 cm³/mol. The van der Waals surface area contributed by atoms with E-state index in [4.69, 9.17) is 5.11 Å². The Bertz CT molecular complexity index is 507. The molecule has 0 aromatic carbocycles. The lowest BCUT2D eigenvalue weighted by Crippen LogP contribution is -2.20. The molecule has 1 rings (SSSR count). The van der Waals surface area contributed by atoms with Gasteiger partial charge >= 0.3 is 5.97 Å². The first-order valence-corrected chi connectivity index (χ1v) is 5.04. The van der Waals surface area contributed by atoms with Gasteiger partial charge in [-0.2, -0.15) is 0 Å². The van der Waals surface area contributed by atoms with Gasteiger partial charge in [0.05, 0.1) is 13.5 Å². The quantitative estimate of drug-likeness (QED) is 0.579. The molecule has 17 heavy (non-hydrogen) atoms. The van der Waals surface area contributed by atoms with Gasteiger partial charge in [-0.15, -0.1) is 0 Å². The van der Waals surface area contributed by atoms with E-state index < -0.39 is 0 Å². The van der Waals surface area contributed by atoms with E-state index >= 15 is 0 Å². The molecule has 0 saturated carbocycles. The van der Waals surface area contributed by atoms with Gasteiger partial charge in [0, 0.05) is 24.4 Å². The number of aliphatic hydroxyl groups excluding tert-OH is 1. The molecule has 0 aliphatic heterocycles. The van der Waals surface area contributed by atoms with Crippen LogP contribution in [0.25, 0.3) is 0 Å². The van der Waals surface area contributed by atoms with Crippen LogP contribution >= 0.6 is 0 Å². The molecule has 5 heteroatoms. The lowest BCUT2D eigenvalue weighted by atomic mass is 10.3. The number of ether oxygens (including phenoxy) is 1. The largest absolute Gasteiger partial charge is 0.469 e. The highest BCUT2D eigenvalue weighted by atomic mass is 16.5. The fraction of sp³-hybridized carbons (Fsp3) is 0.333. The van der Waals surface area contributed by atoms with Crippen molar-refractivity contribution in [1.29, 1.82) is 0 Å². The summed E-state index contributed by atoms with van der Waals surface area (Å²) in [6.07, 6.45) is 1.68. The SMILES string of the molecule is COC(=O)CCn1cc(C#CCO)ccc1=O. The Labute approximate surface area is 98.6 Å². The van der Waals surface area contributed by atoms with Crippen molar-refractivity contribution >= 4 is 5.97 Å². The van der Waals surface area contributed by atoms with Crippen LogP contribution in [-0.4, -0.2) is 29.4 Å². The van der Waals surface area contributed by atoms with Crippen molar-refractivity contribution in [2.45, 2.75) is 13.0 Å². The average molecular weight is 235 g/mol. The van der Waals surface area contributed by atoms with Gasteiger partial charge in [-0.25, -0.2) is 0 Å². The van der Waals surface area contributed by atoms with Crippen LogP contribution in [0.4, 0.5) is 0 Å². The van der Waals surface area contributed by atoms with Crippen molar-refractivity contribution in [3.05, 3.63) is 34.2 Å². The molecule has 0 bridgehead atoms. The van der Waals surface area contributed by atoms with Crippen LogP contribution < -0.4 is 5.56 Å². The van der Waals surface area contributed by atoms with Crippen molar-refractivity contribution in [2.24, 2.45) is 0 Å². The van der Waals surface area contributed by atoms with Crippen LogP contribution in [0, 0.1) is 11.8 Å². The van der Waals surface area contributed by atoms with Gasteiger partial charge in [0.15, 0.2) is 0 Å². The number of methoxy groups -OCH3 is 1. The minimum atomic E-state index is -0.372. The Kier molecular flexibility index (Phi) is 4.98. The van der Waals surface area contributed by atoms with Crippen molar-refractivity contribution in [3.8, 4) is 11.8 Å². The van der Waals surface area contributed by atoms with Crippen LogP contribution in [0.3, 0.4) is 0 Å². The van der Waals surface area contributed by atoms with Crippen molar-refractivity contribution < 1.29 is 14.6 Å². The molecule has 0 fully saturated rings. The first kappa shape index (κ1) is 13.0. The average Bonchev–Trinajstić information content (AvgIpc) is 2.35. The summed E-state index contributed by atoms with van der Waals surface area (Å²) in [5.41, 5.74) is 0.409. The number of aromatic nitrogens is 1. The van der Waals surface area contributed by atoms with Crippen LogP contribution in [0.5, 0.6) is 0 Å². The zero-order valence-corrected chi connectivity index (χ0v) is 9.47. The summed E-state index contributed by atoms with van der Waals surface area (Å²) in [4.78, 5) is 22.4. The summed E-state index contributed by atoms with van der Waals surface area (Å²) in [6.45, 7) is 0.0153. The Morgan fingerprint density at radius 2 is 2.29 bits per heavy atom. The molecule has 0 radical (unpaired) electrons. The molecular formula is C12H13NO4. The first-order valence-electron chi connectivity index (χ1n) is 5.04. The summed E-state index contributed by atoms with van der Waals surface area (Å²) < 4.78 is 5.88. The normalized spacial score (nSPS) is 9.29. The molecule has 1 aromatic rings. The number of esters is 1. The van der Waals surface area contributed by atoms with Crippen LogP contribution in [0.15, 0.2) is 23.1 Å². The van der Waals surface area contributed by atoms with E-state index in [1.807, 2.05) is 0 Å². The van der Waals surface area contributed by atoms with Gasteiger partial charge in [-0.1, -0.05) is 11.8 Å². The number of carbonyl (C=O) groups is 1.